The fraction of sp³-hybridized carbons (Fsp3) is 0.333. The maximum Gasteiger partial charge on any atom is 0.253 e. The second kappa shape index (κ2) is 8.92. The number of nitrogens with zero attached hydrogens (tertiary/aromatic N) is 1. The van der Waals surface area contributed by atoms with Gasteiger partial charge >= 0.3 is 0 Å². The molecule has 0 aliphatic heterocycles. The van der Waals surface area contributed by atoms with Crippen LogP contribution >= 0.6 is 23.2 Å². The molecule has 2 rings (SSSR count). The van der Waals surface area contributed by atoms with Gasteiger partial charge in [-0.3, -0.25) is 4.79 Å². The predicted molar refractivity (Wildman–Crippen MR) is 98.9 cm³/mol. The van der Waals surface area contributed by atoms with Crippen molar-refractivity contribution < 1.29 is 14.3 Å². The summed E-state index contributed by atoms with van der Waals surface area (Å²) in [7, 11) is 0. The number of nitrogens with one attached hydrogen (secondary N) is 1. The van der Waals surface area contributed by atoms with Gasteiger partial charge in [-0.05, 0) is 44.5 Å². The molecule has 1 aromatic heterocycles. The number of pyridine rings is 1. The van der Waals surface area contributed by atoms with Crippen LogP contribution in [-0.2, 0) is 0 Å². The van der Waals surface area contributed by atoms with Crippen molar-refractivity contribution in [1.29, 1.82) is 0 Å². The van der Waals surface area contributed by atoms with Crippen molar-refractivity contribution >= 4 is 29.1 Å². The molecule has 0 saturated carbocycles. The summed E-state index contributed by atoms with van der Waals surface area (Å²) in [4.78, 5) is 16.2. The lowest BCUT2D eigenvalue weighted by molar-refractivity contribution is 0.0939. The van der Waals surface area contributed by atoms with E-state index in [2.05, 4.69) is 10.3 Å². The fourth-order valence-electron chi connectivity index (χ4n) is 2.25. The Labute approximate surface area is 157 Å². The third-order valence-corrected chi connectivity index (χ3v) is 4.16. The topological polar surface area (TPSA) is 60.5 Å². The number of carbonyl (C=O) groups excluding carboxylic acids is 1. The van der Waals surface area contributed by atoms with E-state index in [9.17, 15) is 4.79 Å². The molecule has 1 N–H and O–H groups in total. The van der Waals surface area contributed by atoms with Gasteiger partial charge in [0, 0.05) is 6.20 Å². The summed E-state index contributed by atoms with van der Waals surface area (Å²) in [6.07, 6.45) is 1.39. The van der Waals surface area contributed by atoms with Crippen LogP contribution in [0.25, 0.3) is 0 Å². The summed E-state index contributed by atoms with van der Waals surface area (Å²) in [5.41, 5.74) is 1.24. The van der Waals surface area contributed by atoms with Gasteiger partial charge in [-0.25, -0.2) is 4.98 Å². The first-order valence-corrected chi connectivity index (χ1v) is 8.73. The molecule has 0 bridgehead atoms. The molecule has 0 spiro atoms. The molecule has 1 atom stereocenters. The van der Waals surface area contributed by atoms with Crippen molar-refractivity contribution in [3.63, 3.8) is 0 Å². The van der Waals surface area contributed by atoms with Crippen molar-refractivity contribution in [2.24, 2.45) is 0 Å². The molecule has 5 nitrogen and oxygen atoms in total. The Morgan fingerprint density at radius 1 is 1.16 bits per heavy atom. The maximum atomic E-state index is 12.4. The molecule has 0 aliphatic carbocycles. The van der Waals surface area contributed by atoms with Crippen molar-refractivity contribution in [2.75, 3.05) is 13.2 Å². The van der Waals surface area contributed by atoms with Crippen LogP contribution < -0.4 is 14.8 Å². The molecular formula is C18H20Cl2N2O3. The van der Waals surface area contributed by atoms with Gasteiger partial charge in [-0.15, -0.1) is 0 Å². The summed E-state index contributed by atoms with van der Waals surface area (Å²) in [6.45, 7) is 6.78. The van der Waals surface area contributed by atoms with Gasteiger partial charge in [0.25, 0.3) is 5.91 Å². The molecule has 7 heteroatoms. The summed E-state index contributed by atoms with van der Waals surface area (Å²) in [5, 5.41) is 3.31. The average Bonchev–Trinajstić information content (AvgIpc) is 2.59. The number of rotatable bonds is 7. The fourth-order valence-corrected chi connectivity index (χ4v) is 2.52. The lowest BCUT2D eigenvalue weighted by Gasteiger charge is -2.17. The zero-order chi connectivity index (χ0) is 18.4. The van der Waals surface area contributed by atoms with Crippen LogP contribution in [0.4, 0.5) is 0 Å². The summed E-state index contributed by atoms with van der Waals surface area (Å²) < 4.78 is 11.2. The van der Waals surface area contributed by atoms with Gasteiger partial charge in [-0.2, -0.15) is 0 Å². The lowest BCUT2D eigenvalue weighted by Crippen LogP contribution is -2.26. The minimum Gasteiger partial charge on any atom is -0.490 e. The molecule has 134 valence electrons. The zero-order valence-electron chi connectivity index (χ0n) is 14.3. The van der Waals surface area contributed by atoms with Crippen molar-refractivity contribution in [2.45, 2.75) is 26.8 Å². The highest BCUT2D eigenvalue weighted by molar-refractivity contribution is 6.41. The largest absolute Gasteiger partial charge is 0.490 e. The van der Waals surface area contributed by atoms with Gasteiger partial charge < -0.3 is 14.8 Å². The first-order chi connectivity index (χ1) is 12.0. The Morgan fingerprint density at radius 2 is 1.84 bits per heavy atom. The highest BCUT2D eigenvalue weighted by Crippen LogP contribution is 2.31. The van der Waals surface area contributed by atoms with E-state index < -0.39 is 0 Å². The van der Waals surface area contributed by atoms with Gasteiger partial charge in [-0.1, -0.05) is 29.3 Å². The first kappa shape index (κ1) is 19.3. The van der Waals surface area contributed by atoms with E-state index in [4.69, 9.17) is 32.7 Å². The predicted octanol–water partition coefficient (Wildman–Crippen LogP) is 4.68. The molecule has 0 aliphatic rings. The van der Waals surface area contributed by atoms with E-state index in [1.165, 1.54) is 12.3 Å². The van der Waals surface area contributed by atoms with E-state index >= 15 is 0 Å². The smallest absolute Gasteiger partial charge is 0.253 e. The number of ether oxygens (including phenoxy) is 2. The molecular weight excluding hydrogens is 363 g/mol. The highest BCUT2D eigenvalue weighted by atomic mass is 35.5. The number of amides is 1. The Hall–Kier alpha value is -1.98. The summed E-state index contributed by atoms with van der Waals surface area (Å²) in [6, 6.07) is 6.85. The molecule has 2 aromatic rings. The molecule has 25 heavy (non-hydrogen) atoms. The van der Waals surface area contributed by atoms with Crippen LogP contribution in [0.3, 0.4) is 0 Å². The van der Waals surface area contributed by atoms with Crippen LogP contribution in [0, 0.1) is 0 Å². The number of aromatic nitrogens is 1. The Kier molecular flexibility index (Phi) is 6.91. The Balaban J connectivity index is 2.16. The minimum atomic E-state index is -0.287. The van der Waals surface area contributed by atoms with Crippen LogP contribution in [-0.4, -0.2) is 24.1 Å². The lowest BCUT2D eigenvalue weighted by atomic mass is 10.1. The van der Waals surface area contributed by atoms with Gasteiger partial charge in [0.05, 0.1) is 29.8 Å². The van der Waals surface area contributed by atoms with Crippen molar-refractivity contribution in [3.8, 4) is 11.5 Å². The van der Waals surface area contributed by atoms with E-state index in [1.54, 1.807) is 0 Å². The SMILES string of the molecule is CCOc1ccc([C@H](C)NC(=O)c2cnc(Cl)c(Cl)c2)cc1OCC. The van der Waals surface area contributed by atoms with Crippen LogP contribution in [0.15, 0.2) is 30.5 Å². The number of benzene rings is 1. The highest BCUT2D eigenvalue weighted by Gasteiger charge is 2.15. The quantitative estimate of drug-likeness (QED) is 0.706. The van der Waals surface area contributed by atoms with Gasteiger partial charge in [0.1, 0.15) is 5.15 Å². The Bertz CT molecular complexity index is 753. The van der Waals surface area contributed by atoms with Crippen molar-refractivity contribution in [1.82, 2.24) is 10.3 Å². The standard InChI is InChI=1S/C18H20Cl2N2O3/c1-4-24-15-7-6-12(9-16(15)25-5-2)11(3)22-18(23)13-8-14(19)17(20)21-10-13/h6-11H,4-5H2,1-3H3,(H,22,23)/t11-/m0/s1. The maximum absolute atomic E-state index is 12.4. The third-order valence-electron chi connectivity index (χ3n) is 3.47. The van der Waals surface area contributed by atoms with Crippen LogP contribution in [0.2, 0.25) is 10.2 Å². The molecule has 1 heterocycles. The average molecular weight is 383 g/mol. The third kappa shape index (κ3) is 5.00. The number of hydrogen-bond acceptors (Lipinski definition) is 4. The second-order valence-corrected chi connectivity index (χ2v) is 6.03. The molecule has 0 unspecified atom stereocenters. The van der Waals surface area contributed by atoms with Crippen LogP contribution in [0.1, 0.15) is 42.7 Å². The minimum absolute atomic E-state index is 0.166. The Morgan fingerprint density at radius 3 is 2.48 bits per heavy atom. The number of halogens is 2. The molecule has 0 saturated heterocycles. The number of hydrogen-bond donors (Lipinski definition) is 1. The molecule has 0 fully saturated rings. The zero-order valence-corrected chi connectivity index (χ0v) is 15.8. The number of carbonyl (C=O) groups is 1. The second-order valence-electron chi connectivity index (χ2n) is 5.26. The molecule has 0 radical (unpaired) electrons. The van der Waals surface area contributed by atoms with Crippen molar-refractivity contribution in [3.05, 3.63) is 51.8 Å². The summed E-state index contributed by atoms with van der Waals surface area (Å²) in [5.74, 6) is 1.05. The normalized spacial score (nSPS) is 11.7. The van der Waals surface area contributed by atoms with E-state index in [-0.39, 0.29) is 22.1 Å². The van der Waals surface area contributed by atoms with Crippen LogP contribution in [0.5, 0.6) is 11.5 Å². The summed E-state index contributed by atoms with van der Waals surface area (Å²) >= 11 is 11.7. The first-order valence-electron chi connectivity index (χ1n) is 7.97. The molecule has 1 amide bonds. The van der Waals surface area contributed by atoms with E-state index in [0.29, 0.717) is 30.3 Å². The molecule has 1 aromatic carbocycles. The van der Waals surface area contributed by atoms with E-state index in [1.807, 2.05) is 39.0 Å². The monoisotopic (exact) mass is 382 g/mol. The van der Waals surface area contributed by atoms with E-state index in [0.717, 1.165) is 5.56 Å². The van der Waals surface area contributed by atoms with Gasteiger partial charge in [0.15, 0.2) is 11.5 Å². The van der Waals surface area contributed by atoms with Gasteiger partial charge in [0.2, 0.25) is 0 Å².